The van der Waals surface area contributed by atoms with Gasteiger partial charge in [-0.3, -0.25) is 14.4 Å². The minimum Gasteiger partial charge on any atom is -0.462 e. The lowest BCUT2D eigenvalue weighted by Crippen LogP contribution is -2.30. The zero-order valence-electron chi connectivity index (χ0n) is 51.4. The Morgan fingerprint density at radius 1 is 0.269 bits per heavy atom. The largest absolute Gasteiger partial charge is 0.462 e. The van der Waals surface area contributed by atoms with Crippen molar-refractivity contribution in [3.05, 3.63) is 97.2 Å². The van der Waals surface area contributed by atoms with Crippen LogP contribution in [0, 0.1) is 0 Å². The van der Waals surface area contributed by atoms with Gasteiger partial charge in [0.1, 0.15) is 13.2 Å². The molecule has 1 unspecified atom stereocenters. The molecule has 0 rings (SSSR count). The van der Waals surface area contributed by atoms with Crippen LogP contribution in [0.25, 0.3) is 0 Å². The van der Waals surface area contributed by atoms with Gasteiger partial charge < -0.3 is 14.2 Å². The standard InChI is InChI=1S/C72H124O6/c1-4-7-10-13-16-19-22-25-27-28-29-30-31-32-33-34-35-36-37-38-39-40-41-42-43-44-46-47-50-53-56-59-62-65-71(74)77-68-69(67-76-70(73)64-61-58-55-52-49-24-21-18-15-12-9-6-3)78-72(75)66-63-60-57-54-51-48-45-26-23-20-17-14-11-8-5-2/h7-8,10-11,16-17,19-20,25-27,29-30,45,51,54,69H,4-6,9,12-15,18,21-24,28,31-44,46-50,52-53,55-68H2,1-3H3/b10-7-,11-8-,19-16-,20-17-,27-25-,30-29-,45-26-,54-51-. The van der Waals surface area contributed by atoms with Crippen LogP contribution in [-0.2, 0) is 28.6 Å². The van der Waals surface area contributed by atoms with Crippen molar-refractivity contribution in [1.29, 1.82) is 0 Å². The first-order chi connectivity index (χ1) is 38.5. The van der Waals surface area contributed by atoms with Gasteiger partial charge in [-0.15, -0.1) is 0 Å². The highest BCUT2D eigenvalue weighted by molar-refractivity contribution is 5.71. The third-order valence-corrected chi connectivity index (χ3v) is 14.3. The summed E-state index contributed by atoms with van der Waals surface area (Å²) in [4.78, 5) is 38.2. The first-order valence-electron chi connectivity index (χ1n) is 33.2. The molecule has 0 bridgehead atoms. The Morgan fingerprint density at radius 2 is 0.500 bits per heavy atom. The van der Waals surface area contributed by atoms with Gasteiger partial charge in [-0.25, -0.2) is 0 Å². The van der Waals surface area contributed by atoms with Gasteiger partial charge in [0, 0.05) is 19.3 Å². The smallest absolute Gasteiger partial charge is 0.306 e. The Balaban J connectivity index is 4.14. The van der Waals surface area contributed by atoms with Gasteiger partial charge in [0.15, 0.2) is 6.10 Å². The van der Waals surface area contributed by atoms with Gasteiger partial charge in [0.25, 0.3) is 0 Å². The zero-order chi connectivity index (χ0) is 56.4. The molecule has 0 aromatic heterocycles. The van der Waals surface area contributed by atoms with Crippen LogP contribution in [0.2, 0.25) is 0 Å². The van der Waals surface area contributed by atoms with E-state index in [9.17, 15) is 14.4 Å². The molecule has 78 heavy (non-hydrogen) atoms. The van der Waals surface area contributed by atoms with Crippen LogP contribution in [0.4, 0.5) is 0 Å². The maximum atomic E-state index is 12.9. The van der Waals surface area contributed by atoms with Crippen molar-refractivity contribution in [2.24, 2.45) is 0 Å². The van der Waals surface area contributed by atoms with Crippen molar-refractivity contribution in [2.45, 2.75) is 329 Å². The number of ether oxygens (including phenoxy) is 3. The summed E-state index contributed by atoms with van der Waals surface area (Å²) in [5.74, 6) is -0.918. The second-order valence-corrected chi connectivity index (χ2v) is 22.0. The van der Waals surface area contributed by atoms with E-state index in [0.29, 0.717) is 19.3 Å². The van der Waals surface area contributed by atoms with Crippen molar-refractivity contribution >= 4 is 17.9 Å². The monoisotopic (exact) mass is 1080 g/mol. The number of unbranched alkanes of at least 4 members (excludes halogenated alkanes) is 33. The van der Waals surface area contributed by atoms with E-state index in [1.54, 1.807) is 0 Å². The fourth-order valence-electron chi connectivity index (χ4n) is 9.43. The lowest BCUT2D eigenvalue weighted by Gasteiger charge is -2.18. The molecule has 0 spiro atoms. The number of allylic oxidation sites excluding steroid dienone is 16. The van der Waals surface area contributed by atoms with E-state index in [0.717, 1.165) is 103 Å². The molecule has 1 atom stereocenters. The lowest BCUT2D eigenvalue weighted by atomic mass is 10.0. The maximum Gasteiger partial charge on any atom is 0.306 e. The average Bonchev–Trinajstić information content (AvgIpc) is 3.44. The topological polar surface area (TPSA) is 78.9 Å². The lowest BCUT2D eigenvalue weighted by molar-refractivity contribution is -0.167. The summed E-state index contributed by atoms with van der Waals surface area (Å²) >= 11 is 0. The van der Waals surface area contributed by atoms with E-state index in [2.05, 4.69) is 118 Å². The van der Waals surface area contributed by atoms with E-state index in [1.165, 1.54) is 173 Å². The molecule has 0 heterocycles. The number of hydrogen-bond acceptors (Lipinski definition) is 6. The van der Waals surface area contributed by atoms with Gasteiger partial charge in [0.2, 0.25) is 0 Å². The Hall–Kier alpha value is -3.67. The molecule has 0 aromatic rings. The van der Waals surface area contributed by atoms with Crippen LogP contribution >= 0.6 is 0 Å². The molecule has 0 aromatic carbocycles. The van der Waals surface area contributed by atoms with E-state index in [1.807, 2.05) is 0 Å². The van der Waals surface area contributed by atoms with Crippen LogP contribution in [0.5, 0.6) is 0 Å². The summed E-state index contributed by atoms with van der Waals surface area (Å²) in [6.07, 6.45) is 88.8. The molecular weight excluding hydrogens is 961 g/mol. The normalized spacial score (nSPS) is 12.7. The first-order valence-corrected chi connectivity index (χ1v) is 33.2. The molecule has 0 saturated carbocycles. The van der Waals surface area contributed by atoms with E-state index < -0.39 is 6.10 Å². The van der Waals surface area contributed by atoms with E-state index >= 15 is 0 Å². The molecular formula is C72H124O6. The molecule has 6 heteroatoms. The Morgan fingerprint density at radius 3 is 0.808 bits per heavy atom. The number of esters is 3. The van der Waals surface area contributed by atoms with Crippen molar-refractivity contribution in [3.63, 3.8) is 0 Å². The molecule has 0 radical (unpaired) electrons. The van der Waals surface area contributed by atoms with Crippen molar-refractivity contribution in [3.8, 4) is 0 Å². The molecule has 0 aliphatic heterocycles. The summed E-state index contributed by atoms with van der Waals surface area (Å²) in [6.45, 7) is 6.40. The highest BCUT2D eigenvalue weighted by Crippen LogP contribution is 2.17. The van der Waals surface area contributed by atoms with Crippen LogP contribution in [0.1, 0.15) is 323 Å². The van der Waals surface area contributed by atoms with Crippen molar-refractivity contribution in [1.82, 2.24) is 0 Å². The van der Waals surface area contributed by atoms with Gasteiger partial charge in [0.05, 0.1) is 0 Å². The van der Waals surface area contributed by atoms with Gasteiger partial charge in [-0.1, -0.05) is 304 Å². The molecule has 0 amide bonds. The number of carbonyl (C=O) groups is 3. The van der Waals surface area contributed by atoms with Gasteiger partial charge in [-0.05, 0) is 96.3 Å². The molecule has 0 saturated heterocycles. The molecule has 0 N–H and O–H groups in total. The van der Waals surface area contributed by atoms with Gasteiger partial charge in [-0.2, -0.15) is 0 Å². The molecule has 0 fully saturated rings. The molecule has 0 aliphatic carbocycles. The Kier molecular flexibility index (Phi) is 62.7. The van der Waals surface area contributed by atoms with Crippen LogP contribution < -0.4 is 0 Å². The molecule has 448 valence electrons. The first kappa shape index (κ1) is 74.3. The third-order valence-electron chi connectivity index (χ3n) is 14.3. The fourth-order valence-corrected chi connectivity index (χ4v) is 9.43. The molecule has 0 aliphatic rings. The van der Waals surface area contributed by atoms with Crippen LogP contribution in [0.3, 0.4) is 0 Å². The summed E-state index contributed by atoms with van der Waals surface area (Å²) in [5.41, 5.74) is 0. The van der Waals surface area contributed by atoms with Gasteiger partial charge >= 0.3 is 17.9 Å². The van der Waals surface area contributed by atoms with Crippen LogP contribution in [0.15, 0.2) is 97.2 Å². The zero-order valence-corrected chi connectivity index (χ0v) is 51.4. The second-order valence-electron chi connectivity index (χ2n) is 22.0. The summed E-state index contributed by atoms with van der Waals surface area (Å²) in [6, 6.07) is 0. The number of carbonyl (C=O) groups excluding carboxylic acids is 3. The van der Waals surface area contributed by atoms with Crippen LogP contribution in [-0.4, -0.2) is 37.2 Å². The second kappa shape index (κ2) is 65.8. The third kappa shape index (κ3) is 63.2. The fraction of sp³-hybridized carbons (Fsp3) is 0.736. The minimum atomic E-state index is -0.796. The SMILES string of the molecule is CC/C=C\C/C=C\C/C=C\C/C=C\CCCCCCCCCCCCCCCCCCCCCCC(=O)OCC(COC(=O)CCCCCCCCCCCCCC)OC(=O)CCCC/C=C\C/C=C\C/C=C\C/C=C\CC. The Bertz CT molecular complexity index is 1530. The predicted octanol–water partition coefficient (Wildman–Crippen LogP) is 22.8. The minimum absolute atomic E-state index is 0.0894. The van der Waals surface area contributed by atoms with E-state index in [-0.39, 0.29) is 37.5 Å². The van der Waals surface area contributed by atoms with Crippen molar-refractivity contribution < 1.29 is 28.6 Å². The number of rotatable bonds is 60. The van der Waals surface area contributed by atoms with Crippen molar-refractivity contribution in [2.75, 3.05) is 13.2 Å². The highest BCUT2D eigenvalue weighted by atomic mass is 16.6. The summed E-state index contributed by atoms with van der Waals surface area (Å²) in [5, 5.41) is 0. The quantitative estimate of drug-likeness (QED) is 0.0261. The molecule has 6 nitrogen and oxygen atoms in total. The highest BCUT2D eigenvalue weighted by Gasteiger charge is 2.19. The summed E-state index contributed by atoms with van der Waals surface area (Å²) < 4.78 is 16.9. The maximum absolute atomic E-state index is 12.9. The van der Waals surface area contributed by atoms with E-state index in [4.69, 9.17) is 14.2 Å². The average molecular weight is 1090 g/mol. The predicted molar refractivity (Wildman–Crippen MR) is 339 cm³/mol. The Labute approximate surface area is 483 Å². The number of hydrogen-bond donors (Lipinski definition) is 0. The summed E-state index contributed by atoms with van der Waals surface area (Å²) in [7, 11) is 0.